The smallest absolute Gasteiger partial charge is 0.141 e. The SMILES string of the molecule is OC(CNCC1CCC(c2nnn3cnc4[nH]ccc4c23)CC1)c1ccccc1. The third-order valence-electron chi connectivity index (χ3n) is 6.19. The molecule has 0 radical (unpaired) electrons. The van der Waals surface area contributed by atoms with Crippen LogP contribution in [0.4, 0.5) is 0 Å². The third kappa shape index (κ3) is 3.63. The fraction of sp³-hybridized carbons (Fsp3) is 0.409. The van der Waals surface area contributed by atoms with Crippen molar-refractivity contribution in [1.82, 2.24) is 30.1 Å². The highest BCUT2D eigenvalue weighted by atomic mass is 16.3. The van der Waals surface area contributed by atoms with Crippen molar-refractivity contribution < 1.29 is 5.11 Å². The Bertz CT molecular complexity index is 1080. The van der Waals surface area contributed by atoms with Gasteiger partial charge in [-0.2, -0.15) is 0 Å². The van der Waals surface area contributed by atoms with Gasteiger partial charge in [0.15, 0.2) is 0 Å². The number of fused-ring (bicyclic) bond motifs is 3. The minimum absolute atomic E-state index is 0.444. The predicted molar refractivity (Wildman–Crippen MR) is 112 cm³/mol. The van der Waals surface area contributed by atoms with Gasteiger partial charge in [-0.3, -0.25) is 0 Å². The summed E-state index contributed by atoms with van der Waals surface area (Å²) in [5.74, 6) is 1.09. The molecule has 5 rings (SSSR count). The van der Waals surface area contributed by atoms with E-state index in [0.29, 0.717) is 18.4 Å². The zero-order chi connectivity index (χ0) is 19.6. The van der Waals surface area contributed by atoms with E-state index in [4.69, 9.17) is 0 Å². The van der Waals surface area contributed by atoms with Crippen molar-refractivity contribution in [2.45, 2.75) is 37.7 Å². The minimum atomic E-state index is -0.451. The molecule has 150 valence electrons. The summed E-state index contributed by atoms with van der Waals surface area (Å²) >= 11 is 0. The molecule has 29 heavy (non-hydrogen) atoms. The fourth-order valence-corrected chi connectivity index (χ4v) is 4.55. The third-order valence-corrected chi connectivity index (χ3v) is 6.19. The van der Waals surface area contributed by atoms with Crippen molar-refractivity contribution in [1.29, 1.82) is 0 Å². The van der Waals surface area contributed by atoms with Gasteiger partial charge in [-0.25, -0.2) is 9.50 Å². The number of hydrogen-bond donors (Lipinski definition) is 3. The lowest BCUT2D eigenvalue weighted by molar-refractivity contribution is 0.170. The lowest BCUT2D eigenvalue weighted by atomic mass is 9.80. The lowest BCUT2D eigenvalue weighted by Gasteiger charge is -2.28. The molecule has 0 spiro atoms. The van der Waals surface area contributed by atoms with Gasteiger partial charge in [-0.05, 0) is 49.8 Å². The van der Waals surface area contributed by atoms with E-state index >= 15 is 0 Å². The zero-order valence-electron chi connectivity index (χ0n) is 16.3. The van der Waals surface area contributed by atoms with Crippen LogP contribution < -0.4 is 5.32 Å². The largest absolute Gasteiger partial charge is 0.387 e. The van der Waals surface area contributed by atoms with Crippen LogP contribution in [0.15, 0.2) is 48.9 Å². The van der Waals surface area contributed by atoms with Crippen LogP contribution in [0.3, 0.4) is 0 Å². The first-order valence-corrected chi connectivity index (χ1v) is 10.4. The molecule has 7 nitrogen and oxygen atoms in total. The minimum Gasteiger partial charge on any atom is -0.387 e. The van der Waals surface area contributed by atoms with Gasteiger partial charge in [0.25, 0.3) is 0 Å². The number of benzene rings is 1. The summed E-state index contributed by atoms with van der Waals surface area (Å²) in [6.45, 7) is 1.54. The van der Waals surface area contributed by atoms with Crippen LogP contribution in [-0.2, 0) is 0 Å². The molecular formula is C22H26N6O. The van der Waals surface area contributed by atoms with Crippen LogP contribution in [0.1, 0.15) is 49.0 Å². The van der Waals surface area contributed by atoms with Gasteiger partial charge >= 0.3 is 0 Å². The average molecular weight is 390 g/mol. The molecule has 0 aliphatic heterocycles. The highest BCUT2D eigenvalue weighted by Gasteiger charge is 2.26. The van der Waals surface area contributed by atoms with E-state index < -0.39 is 6.10 Å². The van der Waals surface area contributed by atoms with E-state index in [0.717, 1.165) is 47.2 Å². The molecule has 7 heteroatoms. The van der Waals surface area contributed by atoms with Crippen LogP contribution in [0, 0.1) is 5.92 Å². The van der Waals surface area contributed by atoms with E-state index in [1.165, 1.54) is 12.8 Å². The van der Waals surface area contributed by atoms with Gasteiger partial charge < -0.3 is 15.4 Å². The molecule has 0 bridgehead atoms. The Hall–Kier alpha value is -2.77. The summed E-state index contributed by atoms with van der Waals surface area (Å²) in [5, 5.41) is 23.6. The van der Waals surface area contributed by atoms with Gasteiger partial charge in [0.05, 0.1) is 11.8 Å². The number of hydrogen-bond acceptors (Lipinski definition) is 5. The van der Waals surface area contributed by atoms with Crippen LogP contribution >= 0.6 is 0 Å². The summed E-state index contributed by atoms with van der Waals surface area (Å²) in [7, 11) is 0. The van der Waals surface area contributed by atoms with Crippen LogP contribution in [0.5, 0.6) is 0 Å². The molecular weight excluding hydrogens is 364 g/mol. The molecule has 1 aromatic carbocycles. The summed E-state index contributed by atoms with van der Waals surface area (Å²) < 4.78 is 1.80. The van der Waals surface area contributed by atoms with Crippen LogP contribution in [0.25, 0.3) is 16.6 Å². The van der Waals surface area contributed by atoms with Gasteiger partial charge in [-0.15, -0.1) is 5.10 Å². The van der Waals surface area contributed by atoms with Crippen molar-refractivity contribution in [3.63, 3.8) is 0 Å². The first kappa shape index (κ1) is 18.3. The van der Waals surface area contributed by atoms with E-state index in [1.807, 2.05) is 36.5 Å². The Morgan fingerprint density at radius 2 is 1.97 bits per heavy atom. The van der Waals surface area contributed by atoms with Crippen molar-refractivity contribution >= 4 is 16.6 Å². The lowest BCUT2D eigenvalue weighted by Crippen LogP contribution is -2.29. The summed E-state index contributed by atoms with van der Waals surface area (Å²) in [6, 6.07) is 11.9. The Labute approximate surface area is 169 Å². The average Bonchev–Trinajstić information content (AvgIpc) is 3.41. The molecule has 3 heterocycles. The van der Waals surface area contributed by atoms with Crippen molar-refractivity contribution in [2.24, 2.45) is 5.92 Å². The molecule has 0 amide bonds. The maximum Gasteiger partial charge on any atom is 0.141 e. The monoisotopic (exact) mass is 390 g/mol. The molecule has 1 unspecified atom stereocenters. The first-order valence-electron chi connectivity index (χ1n) is 10.4. The normalized spacial score (nSPS) is 21.0. The van der Waals surface area contributed by atoms with E-state index in [9.17, 15) is 5.11 Å². The first-order chi connectivity index (χ1) is 14.3. The molecule has 1 fully saturated rings. The molecule has 1 aliphatic carbocycles. The summed E-state index contributed by atoms with van der Waals surface area (Å²) in [4.78, 5) is 7.56. The van der Waals surface area contributed by atoms with E-state index in [2.05, 4.69) is 31.7 Å². The van der Waals surface area contributed by atoms with Crippen LogP contribution in [-0.4, -0.2) is 43.0 Å². The van der Waals surface area contributed by atoms with Gasteiger partial charge in [0, 0.05) is 24.0 Å². The Balaban J connectivity index is 1.18. The second-order valence-corrected chi connectivity index (χ2v) is 8.05. The standard InChI is InChI=1S/C22H26N6O/c29-19(16-4-2-1-3-5-16)13-23-12-15-6-8-17(9-7-15)20-21-18-10-11-24-22(18)25-14-28(21)27-26-20/h1-5,10-11,14-15,17,19,23-24,29H,6-9,12-13H2. The Morgan fingerprint density at radius 3 is 2.79 bits per heavy atom. The van der Waals surface area contributed by atoms with E-state index in [1.54, 1.807) is 10.8 Å². The number of nitrogens with one attached hydrogen (secondary N) is 2. The number of aliphatic hydroxyl groups is 1. The molecule has 3 N–H and O–H groups in total. The van der Waals surface area contributed by atoms with E-state index in [-0.39, 0.29) is 0 Å². The van der Waals surface area contributed by atoms with Crippen molar-refractivity contribution in [3.8, 4) is 0 Å². The van der Waals surface area contributed by atoms with Crippen LogP contribution in [0.2, 0.25) is 0 Å². The molecule has 0 saturated heterocycles. The van der Waals surface area contributed by atoms with Gasteiger partial charge in [0.1, 0.15) is 17.5 Å². The molecule has 1 aliphatic rings. The summed E-state index contributed by atoms with van der Waals surface area (Å²) in [5.41, 5.74) is 4.04. The predicted octanol–water partition coefficient (Wildman–Crippen LogP) is 3.20. The number of aromatic amines is 1. The number of H-pyrrole nitrogens is 1. The van der Waals surface area contributed by atoms with Gasteiger partial charge in [0.2, 0.25) is 0 Å². The highest BCUT2D eigenvalue weighted by molar-refractivity contribution is 5.92. The molecule has 3 aromatic heterocycles. The topological polar surface area (TPSA) is 91.1 Å². The number of rotatable bonds is 6. The maximum absolute atomic E-state index is 10.3. The second-order valence-electron chi connectivity index (χ2n) is 8.05. The number of aliphatic hydroxyl groups excluding tert-OH is 1. The summed E-state index contributed by atoms with van der Waals surface area (Å²) in [6.07, 6.45) is 7.78. The zero-order valence-corrected chi connectivity index (χ0v) is 16.3. The quantitative estimate of drug-likeness (QED) is 0.470. The van der Waals surface area contributed by atoms with Gasteiger partial charge in [-0.1, -0.05) is 35.5 Å². The Kier molecular flexibility index (Phi) is 4.99. The second kappa shape index (κ2) is 7.93. The van der Waals surface area contributed by atoms with Crippen molar-refractivity contribution in [3.05, 3.63) is 60.2 Å². The molecule has 1 atom stereocenters. The van der Waals surface area contributed by atoms with Crippen molar-refractivity contribution in [2.75, 3.05) is 13.1 Å². The molecule has 4 aromatic rings. The Morgan fingerprint density at radius 1 is 1.14 bits per heavy atom. The maximum atomic E-state index is 10.3. The fourth-order valence-electron chi connectivity index (χ4n) is 4.55. The number of nitrogens with zero attached hydrogens (tertiary/aromatic N) is 4. The molecule has 1 saturated carbocycles. The highest BCUT2D eigenvalue weighted by Crippen LogP contribution is 2.37. The number of aromatic nitrogens is 5.